The Bertz CT molecular complexity index is 1520. The van der Waals surface area contributed by atoms with Crippen molar-refractivity contribution < 1.29 is 17.5 Å². The van der Waals surface area contributed by atoms with Gasteiger partial charge in [-0.05, 0) is 40.6 Å². The van der Waals surface area contributed by atoms with Crippen molar-refractivity contribution in [3.63, 3.8) is 0 Å². The van der Waals surface area contributed by atoms with Gasteiger partial charge in [0.25, 0.3) is 10.0 Å². The summed E-state index contributed by atoms with van der Waals surface area (Å²) in [6.07, 6.45) is 0. The molecule has 0 bridgehead atoms. The van der Waals surface area contributed by atoms with Gasteiger partial charge in [0.2, 0.25) is 5.96 Å². The third kappa shape index (κ3) is 4.10. The Morgan fingerprint density at radius 2 is 1.70 bits per heavy atom. The van der Waals surface area contributed by atoms with E-state index in [1.807, 2.05) is 42.5 Å². The average molecular weight is 482 g/mol. The van der Waals surface area contributed by atoms with Gasteiger partial charge < -0.3 is 10.1 Å². The lowest BCUT2D eigenvalue weighted by Gasteiger charge is -2.24. The van der Waals surface area contributed by atoms with Gasteiger partial charge in [-0.3, -0.25) is 0 Å². The van der Waals surface area contributed by atoms with Crippen LogP contribution in [0.25, 0.3) is 10.8 Å². The summed E-state index contributed by atoms with van der Waals surface area (Å²) in [6.45, 7) is 0.206. The van der Waals surface area contributed by atoms with Crippen LogP contribution in [-0.2, 0) is 16.6 Å². The van der Waals surface area contributed by atoms with E-state index in [1.165, 1.54) is 6.07 Å². The number of fused-ring (bicyclic) bond motifs is 2. The molecule has 4 aromatic carbocycles. The Hall–Kier alpha value is -3.62. The molecule has 4 aromatic rings. The fraction of sp³-hybridized carbons (Fsp3) is 0.0417. The Balaban J connectivity index is 1.53. The smallest absolute Gasteiger partial charge is 0.266 e. The van der Waals surface area contributed by atoms with Gasteiger partial charge in [-0.2, -0.15) is 0 Å². The van der Waals surface area contributed by atoms with Crippen LogP contribution in [0.1, 0.15) is 5.56 Å². The molecule has 9 heteroatoms. The molecule has 0 saturated heterocycles. The van der Waals surface area contributed by atoms with Crippen LogP contribution in [0, 0.1) is 5.82 Å². The molecule has 1 aliphatic heterocycles. The molecule has 0 radical (unpaired) electrons. The lowest BCUT2D eigenvalue weighted by atomic mass is 10.1. The number of sulfonamides is 1. The first-order valence-electron chi connectivity index (χ1n) is 9.98. The van der Waals surface area contributed by atoms with Crippen molar-refractivity contribution >= 4 is 44.0 Å². The highest BCUT2D eigenvalue weighted by Crippen LogP contribution is 2.40. The van der Waals surface area contributed by atoms with Gasteiger partial charge in [-0.15, -0.1) is 0 Å². The van der Waals surface area contributed by atoms with Crippen LogP contribution in [-0.4, -0.2) is 14.4 Å². The monoisotopic (exact) mass is 481 g/mol. The minimum absolute atomic E-state index is 0.0370. The first-order chi connectivity index (χ1) is 15.9. The molecule has 0 aliphatic carbocycles. The number of anilines is 1. The van der Waals surface area contributed by atoms with Gasteiger partial charge in [0.15, 0.2) is 11.6 Å². The number of rotatable bonds is 4. The van der Waals surface area contributed by atoms with Crippen molar-refractivity contribution in [1.29, 1.82) is 0 Å². The zero-order valence-electron chi connectivity index (χ0n) is 17.0. The van der Waals surface area contributed by atoms with Crippen LogP contribution in [0.15, 0.2) is 88.8 Å². The van der Waals surface area contributed by atoms with Crippen molar-refractivity contribution in [2.45, 2.75) is 11.4 Å². The summed E-state index contributed by atoms with van der Waals surface area (Å²) in [4.78, 5) is 4.25. The normalized spacial score (nSPS) is 15.5. The van der Waals surface area contributed by atoms with Crippen molar-refractivity contribution in [2.24, 2.45) is 4.99 Å². The van der Waals surface area contributed by atoms with Gasteiger partial charge in [0.1, 0.15) is 16.3 Å². The Morgan fingerprint density at radius 1 is 0.939 bits per heavy atom. The van der Waals surface area contributed by atoms with Gasteiger partial charge >= 0.3 is 0 Å². The Labute approximate surface area is 194 Å². The van der Waals surface area contributed by atoms with Crippen LogP contribution in [0.2, 0.25) is 5.02 Å². The van der Waals surface area contributed by atoms with Crippen LogP contribution in [0.3, 0.4) is 0 Å². The second-order valence-electron chi connectivity index (χ2n) is 7.32. The maximum atomic E-state index is 14.7. The van der Waals surface area contributed by atoms with Crippen molar-refractivity contribution in [3.05, 3.63) is 95.3 Å². The summed E-state index contributed by atoms with van der Waals surface area (Å²) < 4.78 is 48.5. The molecule has 0 saturated carbocycles. The highest BCUT2D eigenvalue weighted by Gasteiger charge is 2.31. The molecule has 0 amide bonds. The van der Waals surface area contributed by atoms with E-state index in [0.29, 0.717) is 0 Å². The SMILES string of the molecule is O=S1(=O)NC(=NCc2cccc3ccccc23)Nc2c1ccc(F)c2Oc1ccccc1Cl. The van der Waals surface area contributed by atoms with E-state index in [0.717, 1.165) is 22.4 Å². The molecule has 33 heavy (non-hydrogen) atoms. The van der Waals surface area contributed by atoms with E-state index in [4.69, 9.17) is 16.3 Å². The second kappa shape index (κ2) is 8.38. The van der Waals surface area contributed by atoms with Gasteiger partial charge in [0.05, 0.1) is 11.6 Å². The molecule has 166 valence electrons. The zero-order chi connectivity index (χ0) is 23.0. The quantitative estimate of drug-likeness (QED) is 0.392. The van der Waals surface area contributed by atoms with Crippen LogP contribution in [0.4, 0.5) is 10.1 Å². The van der Waals surface area contributed by atoms with Gasteiger partial charge in [-0.25, -0.2) is 22.5 Å². The summed E-state index contributed by atoms with van der Waals surface area (Å²) in [5, 5.41) is 5.19. The standard InChI is InChI=1S/C24H17ClFN3O3S/c25-18-10-3-4-11-20(18)32-23-19(26)12-13-21-22(23)28-24(29-33(21,30)31)27-14-16-8-5-7-15-6-1-2-9-17(15)16/h1-13H,14H2,(H2,27,28,29). The topological polar surface area (TPSA) is 79.8 Å². The minimum atomic E-state index is -4.00. The third-order valence-corrected chi connectivity index (χ3v) is 6.87. The largest absolute Gasteiger partial charge is 0.450 e. The number of guanidine groups is 1. The van der Waals surface area contributed by atoms with E-state index in [1.54, 1.807) is 24.3 Å². The number of hydrogen-bond donors (Lipinski definition) is 2. The van der Waals surface area contributed by atoms with Crippen LogP contribution >= 0.6 is 11.6 Å². The Kier molecular flexibility index (Phi) is 5.39. The maximum absolute atomic E-state index is 14.7. The second-order valence-corrected chi connectivity index (χ2v) is 9.37. The summed E-state index contributed by atoms with van der Waals surface area (Å²) in [5.74, 6) is -0.876. The number of benzene rings is 4. The van der Waals surface area contributed by atoms with E-state index in [-0.39, 0.29) is 39.6 Å². The highest BCUT2D eigenvalue weighted by molar-refractivity contribution is 7.90. The van der Waals surface area contributed by atoms with Crippen molar-refractivity contribution in [1.82, 2.24) is 4.72 Å². The number of hydrogen-bond acceptors (Lipinski definition) is 4. The zero-order valence-corrected chi connectivity index (χ0v) is 18.6. The molecule has 0 spiro atoms. The lowest BCUT2D eigenvalue weighted by molar-refractivity contribution is 0.443. The molecule has 0 unspecified atom stereocenters. The van der Waals surface area contributed by atoms with E-state index < -0.39 is 15.8 Å². The van der Waals surface area contributed by atoms with Crippen molar-refractivity contribution in [2.75, 3.05) is 5.32 Å². The molecule has 0 aromatic heterocycles. The number of para-hydroxylation sites is 1. The number of halogens is 2. The molecule has 1 aliphatic rings. The molecule has 0 atom stereocenters. The molecular formula is C24H17ClFN3O3S. The fourth-order valence-corrected chi connectivity index (χ4v) is 4.93. The fourth-order valence-electron chi connectivity index (χ4n) is 3.61. The molecule has 6 nitrogen and oxygen atoms in total. The molecule has 0 fully saturated rings. The summed E-state index contributed by atoms with van der Waals surface area (Å²) in [7, 11) is -4.00. The lowest BCUT2D eigenvalue weighted by Crippen LogP contribution is -2.41. The Morgan fingerprint density at radius 3 is 2.55 bits per heavy atom. The van der Waals surface area contributed by atoms with Crippen molar-refractivity contribution in [3.8, 4) is 11.5 Å². The number of aliphatic imine (C=N–C) groups is 1. The van der Waals surface area contributed by atoms with Crippen LogP contribution < -0.4 is 14.8 Å². The predicted molar refractivity (Wildman–Crippen MR) is 127 cm³/mol. The average Bonchev–Trinajstić information content (AvgIpc) is 2.80. The van der Waals surface area contributed by atoms with E-state index in [9.17, 15) is 12.8 Å². The van der Waals surface area contributed by atoms with E-state index in [2.05, 4.69) is 15.0 Å². The third-order valence-electron chi connectivity index (χ3n) is 5.17. The van der Waals surface area contributed by atoms with Crippen LogP contribution in [0.5, 0.6) is 11.5 Å². The number of nitrogens with one attached hydrogen (secondary N) is 2. The minimum Gasteiger partial charge on any atom is -0.450 e. The summed E-state index contributed by atoms with van der Waals surface area (Å²) >= 11 is 6.14. The molecule has 1 heterocycles. The first-order valence-corrected chi connectivity index (χ1v) is 11.8. The highest BCUT2D eigenvalue weighted by atomic mass is 35.5. The molecular weight excluding hydrogens is 465 g/mol. The predicted octanol–water partition coefficient (Wildman–Crippen LogP) is 5.68. The first kappa shape index (κ1) is 21.2. The number of nitrogens with zero attached hydrogens (tertiary/aromatic N) is 1. The molecule has 5 rings (SSSR count). The molecule has 2 N–H and O–H groups in total. The summed E-state index contributed by atoms with van der Waals surface area (Å²) in [5.41, 5.74) is 0.865. The summed E-state index contributed by atoms with van der Waals surface area (Å²) in [6, 6.07) is 22.4. The van der Waals surface area contributed by atoms with Gasteiger partial charge in [0, 0.05) is 0 Å². The van der Waals surface area contributed by atoms with E-state index >= 15 is 0 Å². The van der Waals surface area contributed by atoms with Gasteiger partial charge in [-0.1, -0.05) is 66.2 Å². The number of ether oxygens (including phenoxy) is 1. The maximum Gasteiger partial charge on any atom is 0.266 e.